The van der Waals surface area contributed by atoms with Crippen LogP contribution in [-0.4, -0.2) is 30.1 Å². The van der Waals surface area contributed by atoms with Crippen LogP contribution >= 0.6 is 15.9 Å². The van der Waals surface area contributed by atoms with Gasteiger partial charge in [-0.2, -0.15) is 0 Å². The number of pyridine rings is 1. The zero-order chi connectivity index (χ0) is 14.2. The molecule has 5 heteroatoms. The fourth-order valence-electron chi connectivity index (χ4n) is 2.38. The summed E-state index contributed by atoms with van der Waals surface area (Å²) in [4.78, 5) is 15.9. The van der Waals surface area contributed by atoms with Gasteiger partial charge in [0.25, 0.3) is 5.91 Å². The molecule has 0 spiro atoms. The fraction of sp³-hybridized carbons (Fsp3) is 0.600. The minimum atomic E-state index is -0.135. The van der Waals surface area contributed by atoms with Crippen molar-refractivity contribution in [1.82, 2.24) is 10.3 Å². The van der Waals surface area contributed by atoms with Crippen LogP contribution in [0.25, 0.3) is 0 Å². The van der Waals surface area contributed by atoms with E-state index in [0.717, 1.165) is 13.0 Å². The molecule has 0 saturated heterocycles. The first-order chi connectivity index (χ1) is 9.75. The molecule has 1 aromatic rings. The summed E-state index contributed by atoms with van der Waals surface area (Å²) in [5, 5.41) is 2.86. The molecule has 1 amide bonds. The van der Waals surface area contributed by atoms with E-state index in [1.807, 2.05) is 0 Å². The van der Waals surface area contributed by atoms with Crippen molar-refractivity contribution in [2.75, 3.05) is 13.2 Å². The molecule has 1 N–H and O–H groups in total. The number of hydrogen-bond acceptors (Lipinski definition) is 3. The lowest BCUT2D eigenvalue weighted by Crippen LogP contribution is -2.27. The minimum absolute atomic E-state index is 0.135. The predicted octanol–water partition coefficient (Wildman–Crippen LogP) is 3.31. The molecule has 1 aromatic heterocycles. The maximum absolute atomic E-state index is 11.8. The zero-order valence-electron chi connectivity index (χ0n) is 11.6. The maximum Gasteiger partial charge on any atom is 0.269 e. The van der Waals surface area contributed by atoms with Crippen LogP contribution in [0.3, 0.4) is 0 Å². The summed E-state index contributed by atoms with van der Waals surface area (Å²) >= 11 is 3.26. The summed E-state index contributed by atoms with van der Waals surface area (Å²) < 4.78 is 6.49. The Bertz CT molecular complexity index is 434. The molecule has 0 unspecified atom stereocenters. The van der Waals surface area contributed by atoms with E-state index in [1.165, 1.54) is 32.1 Å². The summed E-state index contributed by atoms with van der Waals surface area (Å²) in [6, 6.07) is 5.31. The molecular formula is C15H21BrN2O2. The summed E-state index contributed by atoms with van der Waals surface area (Å²) in [6.07, 6.45) is 7.58. The maximum atomic E-state index is 11.8. The lowest BCUT2D eigenvalue weighted by Gasteiger charge is -2.21. The quantitative estimate of drug-likeness (QED) is 0.638. The van der Waals surface area contributed by atoms with E-state index in [0.29, 0.717) is 22.9 Å². The third kappa shape index (κ3) is 5.21. The Labute approximate surface area is 128 Å². The summed E-state index contributed by atoms with van der Waals surface area (Å²) in [5.74, 6) is -0.135. The molecule has 2 rings (SSSR count). The highest BCUT2D eigenvalue weighted by Gasteiger charge is 2.13. The van der Waals surface area contributed by atoms with Crippen LogP contribution in [0.2, 0.25) is 0 Å². The van der Waals surface area contributed by atoms with E-state index in [4.69, 9.17) is 4.74 Å². The van der Waals surface area contributed by atoms with E-state index >= 15 is 0 Å². The monoisotopic (exact) mass is 340 g/mol. The second-order valence-corrected chi connectivity index (χ2v) is 5.90. The van der Waals surface area contributed by atoms with E-state index in [-0.39, 0.29) is 5.91 Å². The summed E-state index contributed by atoms with van der Waals surface area (Å²) in [5.41, 5.74) is 0.438. The van der Waals surface area contributed by atoms with Crippen molar-refractivity contribution in [1.29, 1.82) is 0 Å². The summed E-state index contributed by atoms with van der Waals surface area (Å²) in [7, 11) is 0. The Morgan fingerprint density at radius 2 is 2.15 bits per heavy atom. The third-order valence-electron chi connectivity index (χ3n) is 3.46. The average Bonchev–Trinajstić information content (AvgIpc) is 2.48. The van der Waals surface area contributed by atoms with Crippen LogP contribution in [0.15, 0.2) is 22.8 Å². The molecule has 1 aliphatic rings. The first-order valence-corrected chi connectivity index (χ1v) is 8.07. The van der Waals surface area contributed by atoms with Gasteiger partial charge >= 0.3 is 0 Å². The molecule has 4 nitrogen and oxygen atoms in total. The van der Waals surface area contributed by atoms with Gasteiger partial charge in [0.15, 0.2) is 0 Å². The van der Waals surface area contributed by atoms with Crippen molar-refractivity contribution >= 4 is 21.8 Å². The smallest absolute Gasteiger partial charge is 0.269 e. The van der Waals surface area contributed by atoms with Gasteiger partial charge in [0.2, 0.25) is 0 Å². The van der Waals surface area contributed by atoms with Crippen molar-refractivity contribution in [3.8, 4) is 0 Å². The van der Waals surface area contributed by atoms with Gasteiger partial charge in [-0.15, -0.1) is 0 Å². The van der Waals surface area contributed by atoms with Gasteiger partial charge in [-0.25, -0.2) is 4.98 Å². The minimum Gasteiger partial charge on any atom is -0.378 e. The van der Waals surface area contributed by atoms with E-state index in [1.54, 1.807) is 18.2 Å². The van der Waals surface area contributed by atoms with Crippen molar-refractivity contribution in [2.24, 2.45) is 0 Å². The number of nitrogens with one attached hydrogen (secondary N) is 1. The number of halogens is 1. The first kappa shape index (κ1) is 15.4. The van der Waals surface area contributed by atoms with E-state index < -0.39 is 0 Å². The lowest BCUT2D eigenvalue weighted by atomic mass is 9.98. The Hall–Kier alpha value is -0.940. The molecule has 1 heterocycles. The van der Waals surface area contributed by atoms with Gasteiger partial charge in [-0.3, -0.25) is 4.79 Å². The molecule has 110 valence electrons. The van der Waals surface area contributed by atoms with Crippen molar-refractivity contribution in [3.63, 3.8) is 0 Å². The van der Waals surface area contributed by atoms with Crippen LogP contribution in [-0.2, 0) is 4.74 Å². The van der Waals surface area contributed by atoms with Gasteiger partial charge < -0.3 is 10.1 Å². The molecule has 1 saturated carbocycles. The first-order valence-electron chi connectivity index (χ1n) is 7.28. The van der Waals surface area contributed by atoms with Gasteiger partial charge in [-0.05, 0) is 47.3 Å². The second-order valence-electron chi connectivity index (χ2n) is 5.09. The molecule has 20 heavy (non-hydrogen) atoms. The number of hydrogen-bond donors (Lipinski definition) is 1. The molecule has 1 aliphatic carbocycles. The number of amides is 1. The Balaban J connectivity index is 1.59. The molecule has 0 aliphatic heterocycles. The Kier molecular flexibility index (Phi) is 6.47. The molecule has 0 atom stereocenters. The number of aromatic nitrogens is 1. The predicted molar refractivity (Wildman–Crippen MR) is 81.7 cm³/mol. The number of ether oxygens (including phenoxy) is 1. The highest BCUT2D eigenvalue weighted by atomic mass is 79.9. The standard InChI is InChI=1S/C15H21BrN2O2/c16-14-9-4-8-13(18-14)15(19)17-10-5-11-20-12-6-2-1-3-7-12/h4,8-9,12H,1-3,5-7,10-11H2,(H,17,19). The molecule has 0 aromatic carbocycles. The number of rotatable bonds is 6. The normalized spacial score (nSPS) is 16.1. The molecular weight excluding hydrogens is 320 g/mol. The molecule has 0 radical (unpaired) electrons. The highest BCUT2D eigenvalue weighted by Crippen LogP contribution is 2.20. The topological polar surface area (TPSA) is 51.2 Å². The lowest BCUT2D eigenvalue weighted by molar-refractivity contribution is 0.0273. The van der Waals surface area contributed by atoms with Gasteiger partial charge in [0.1, 0.15) is 10.3 Å². The van der Waals surface area contributed by atoms with Crippen LogP contribution < -0.4 is 5.32 Å². The SMILES string of the molecule is O=C(NCCCOC1CCCCC1)c1cccc(Br)n1. The molecule has 0 bridgehead atoms. The van der Waals surface area contributed by atoms with E-state index in [2.05, 4.69) is 26.2 Å². The average molecular weight is 341 g/mol. The second kappa shape index (κ2) is 8.37. The van der Waals surface area contributed by atoms with Crippen molar-refractivity contribution in [2.45, 2.75) is 44.6 Å². The highest BCUT2D eigenvalue weighted by molar-refractivity contribution is 9.10. The van der Waals surface area contributed by atoms with E-state index in [9.17, 15) is 4.79 Å². The number of nitrogens with zero attached hydrogens (tertiary/aromatic N) is 1. The largest absolute Gasteiger partial charge is 0.378 e. The van der Waals surface area contributed by atoms with Crippen LogP contribution in [0.5, 0.6) is 0 Å². The van der Waals surface area contributed by atoms with Crippen molar-refractivity contribution in [3.05, 3.63) is 28.5 Å². The van der Waals surface area contributed by atoms with Crippen LogP contribution in [0, 0.1) is 0 Å². The Morgan fingerprint density at radius 3 is 2.90 bits per heavy atom. The van der Waals surface area contributed by atoms with Gasteiger partial charge in [-0.1, -0.05) is 25.3 Å². The van der Waals surface area contributed by atoms with Gasteiger partial charge in [0, 0.05) is 13.2 Å². The van der Waals surface area contributed by atoms with Crippen LogP contribution in [0.1, 0.15) is 49.0 Å². The summed E-state index contributed by atoms with van der Waals surface area (Å²) in [6.45, 7) is 1.34. The zero-order valence-corrected chi connectivity index (χ0v) is 13.2. The molecule has 1 fully saturated rings. The third-order valence-corrected chi connectivity index (χ3v) is 3.90. The van der Waals surface area contributed by atoms with Gasteiger partial charge in [0.05, 0.1) is 6.10 Å². The Morgan fingerprint density at radius 1 is 1.35 bits per heavy atom. The number of carbonyl (C=O) groups excluding carboxylic acids is 1. The van der Waals surface area contributed by atoms with Crippen molar-refractivity contribution < 1.29 is 9.53 Å². The fourth-order valence-corrected chi connectivity index (χ4v) is 2.72. The van der Waals surface area contributed by atoms with Crippen LogP contribution in [0.4, 0.5) is 0 Å². The number of carbonyl (C=O) groups is 1.